The molecule has 3 aromatic rings. The van der Waals surface area contributed by atoms with Crippen molar-refractivity contribution in [2.45, 2.75) is 25.5 Å². The maximum atomic E-state index is 12.7. The van der Waals surface area contributed by atoms with Gasteiger partial charge in [0, 0.05) is 37.3 Å². The van der Waals surface area contributed by atoms with Crippen molar-refractivity contribution in [3.8, 4) is 0 Å². The van der Waals surface area contributed by atoms with Crippen LogP contribution in [0.5, 0.6) is 0 Å². The lowest BCUT2D eigenvalue weighted by molar-refractivity contribution is 0.0943. The number of methoxy groups -OCH3 is 1. The number of ether oxygens (including phenoxy) is 1. The monoisotopic (exact) mass is 384 g/mol. The Morgan fingerprint density at radius 1 is 1.33 bits per heavy atom. The molecule has 0 saturated carbocycles. The minimum absolute atomic E-state index is 0.0907. The molecule has 1 aliphatic rings. The third kappa shape index (κ3) is 3.60. The second-order valence-corrected chi connectivity index (χ2v) is 7.38. The number of nitrogens with zero attached hydrogens (tertiary/aromatic N) is 5. The highest BCUT2D eigenvalue weighted by atomic mass is 32.1. The molecule has 3 aromatic heterocycles. The van der Waals surface area contributed by atoms with Gasteiger partial charge in [0.1, 0.15) is 29.0 Å². The Hall–Kier alpha value is -2.65. The van der Waals surface area contributed by atoms with Crippen LogP contribution in [0.15, 0.2) is 30.2 Å². The van der Waals surface area contributed by atoms with Gasteiger partial charge in [0.05, 0.1) is 12.1 Å². The second-order valence-electron chi connectivity index (χ2n) is 6.49. The molecule has 0 aromatic carbocycles. The smallest absolute Gasteiger partial charge is 0.270 e. The van der Waals surface area contributed by atoms with E-state index in [-0.39, 0.29) is 18.1 Å². The fraction of sp³-hybridized carbons (Fsp3) is 0.389. The molecule has 27 heavy (non-hydrogen) atoms. The lowest BCUT2D eigenvalue weighted by Gasteiger charge is -2.25. The van der Waals surface area contributed by atoms with E-state index in [0.29, 0.717) is 12.2 Å². The molecule has 1 N–H and O–H groups in total. The lowest BCUT2D eigenvalue weighted by Crippen LogP contribution is -2.41. The molecular formula is C18H20N6O2S. The van der Waals surface area contributed by atoms with Crippen LogP contribution in [0.4, 0.5) is 5.82 Å². The summed E-state index contributed by atoms with van der Waals surface area (Å²) in [7, 11) is 1.71. The molecule has 8 nitrogen and oxygen atoms in total. The van der Waals surface area contributed by atoms with Crippen molar-refractivity contribution in [3.63, 3.8) is 0 Å². The summed E-state index contributed by atoms with van der Waals surface area (Å²) < 4.78 is 5.55. The zero-order valence-corrected chi connectivity index (χ0v) is 15.9. The fourth-order valence-electron chi connectivity index (χ4n) is 3.38. The van der Waals surface area contributed by atoms with E-state index in [0.717, 1.165) is 34.7 Å². The van der Waals surface area contributed by atoms with Gasteiger partial charge in [-0.25, -0.2) is 19.9 Å². The van der Waals surface area contributed by atoms with Crippen LogP contribution in [-0.4, -0.2) is 58.2 Å². The first kappa shape index (κ1) is 17.7. The Balaban J connectivity index is 1.50. The molecule has 4 heterocycles. The maximum Gasteiger partial charge on any atom is 0.270 e. The first-order chi connectivity index (χ1) is 13.2. The van der Waals surface area contributed by atoms with Gasteiger partial charge in [0.15, 0.2) is 0 Å². The van der Waals surface area contributed by atoms with Crippen molar-refractivity contribution in [2.24, 2.45) is 0 Å². The minimum Gasteiger partial charge on any atom is -0.380 e. The number of hydrogen-bond donors (Lipinski definition) is 1. The Kier molecular flexibility index (Phi) is 4.95. The predicted molar refractivity (Wildman–Crippen MR) is 103 cm³/mol. The average molecular weight is 384 g/mol. The van der Waals surface area contributed by atoms with Crippen molar-refractivity contribution in [1.29, 1.82) is 0 Å². The Labute approximate surface area is 160 Å². The van der Waals surface area contributed by atoms with Crippen LogP contribution in [0.25, 0.3) is 10.2 Å². The number of anilines is 1. The zero-order valence-electron chi connectivity index (χ0n) is 15.1. The molecule has 0 aliphatic carbocycles. The highest BCUT2D eigenvalue weighted by molar-refractivity contribution is 7.16. The highest BCUT2D eigenvalue weighted by Gasteiger charge is 2.33. The standard InChI is InChI=1S/C18H20N6O2S/c1-11-5-15(21-9-20-11)24-8-13(26-2)6-12(24)7-19-17(25)16-14-3-4-27-18(14)23-10-22-16/h3-5,9-10,12-13H,6-8H2,1-2H3,(H,19,25)/t12-,13-/m0/s1. The van der Waals surface area contributed by atoms with E-state index in [2.05, 4.69) is 30.2 Å². The van der Waals surface area contributed by atoms with E-state index in [9.17, 15) is 4.79 Å². The van der Waals surface area contributed by atoms with Gasteiger partial charge in [-0.3, -0.25) is 4.79 Å². The quantitative estimate of drug-likeness (QED) is 0.717. The molecule has 140 valence electrons. The summed E-state index contributed by atoms with van der Waals surface area (Å²) in [5, 5.41) is 5.71. The van der Waals surface area contributed by atoms with Gasteiger partial charge >= 0.3 is 0 Å². The minimum atomic E-state index is -0.194. The van der Waals surface area contributed by atoms with Gasteiger partial charge in [0.25, 0.3) is 5.91 Å². The Morgan fingerprint density at radius 2 is 2.19 bits per heavy atom. The van der Waals surface area contributed by atoms with Gasteiger partial charge in [-0.05, 0) is 24.8 Å². The second kappa shape index (κ2) is 7.53. The van der Waals surface area contributed by atoms with Crippen LogP contribution in [-0.2, 0) is 4.74 Å². The summed E-state index contributed by atoms with van der Waals surface area (Å²) in [6, 6.07) is 3.92. The molecule has 2 atom stereocenters. The number of hydrogen-bond acceptors (Lipinski definition) is 8. The third-order valence-electron chi connectivity index (χ3n) is 4.77. The van der Waals surface area contributed by atoms with Crippen LogP contribution in [0.2, 0.25) is 0 Å². The largest absolute Gasteiger partial charge is 0.380 e. The summed E-state index contributed by atoms with van der Waals surface area (Å²) in [5.41, 5.74) is 1.32. The zero-order chi connectivity index (χ0) is 18.8. The van der Waals surface area contributed by atoms with Crippen LogP contribution < -0.4 is 10.2 Å². The molecule has 1 saturated heterocycles. The van der Waals surface area contributed by atoms with Gasteiger partial charge in [-0.15, -0.1) is 11.3 Å². The summed E-state index contributed by atoms with van der Waals surface area (Å²) in [4.78, 5) is 32.6. The third-order valence-corrected chi connectivity index (χ3v) is 5.59. The molecule has 4 rings (SSSR count). The highest BCUT2D eigenvalue weighted by Crippen LogP contribution is 2.26. The average Bonchev–Trinajstić information content (AvgIpc) is 3.32. The number of rotatable bonds is 5. The van der Waals surface area contributed by atoms with Gasteiger partial charge < -0.3 is 15.0 Å². The summed E-state index contributed by atoms with van der Waals surface area (Å²) in [6.45, 7) is 3.15. The molecule has 1 fully saturated rings. The lowest BCUT2D eigenvalue weighted by atomic mass is 10.2. The normalized spacial score (nSPS) is 19.6. The number of fused-ring (bicyclic) bond motifs is 1. The van der Waals surface area contributed by atoms with Gasteiger partial charge in [-0.1, -0.05) is 0 Å². The van der Waals surface area contributed by atoms with E-state index < -0.39 is 0 Å². The summed E-state index contributed by atoms with van der Waals surface area (Å²) in [6.07, 6.45) is 3.91. The van der Waals surface area contributed by atoms with Crippen molar-refractivity contribution < 1.29 is 9.53 Å². The summed E-state index contributed by atoms with van der Waals surface area (Å²) >= 11 is 1.49. The number of thiophene rings is 1. The van der Waals surface area contributed by atoms with E-state index in [1.54, 1.807) is 13.4 Å². The first-order valence-electron chi connectivity index (χ1n) is 8.70. The van der Waals surface area contributed by atoms with Crippen LogP contribution >= 0.6 is 11.3 Å². The van der Waals surface area contributed by atoms with Gasteiger partial charge in [-0.2, -0.15) is 0 Å². The molecule has 0 spiro atoms. The van der Waals surface area contributed by atoms with Gasteiger partial charge in [0.2, 0.25) is 0 Å². The summed E-state index contributed by atoms with van der Waals surface area (Å²) in [5.74, 6) is 0.657. The Morgan fingerprint density at radius 3 is 3.00 bits per heavy atom. The van der Waals surface area contributed by atoms with E-state index in [1.165, 1.54) is 17.7 Å². The molecule has 1 aliphatic heterocycles. The van der Waals surface area contributed by atoms with Crippen molar-refractivity contribution in [3.05, 3.63) is 41.6 Å². The van der Waals surface area contributed by atoms with Crippen LogP contribution in [0.3, 0.4) is 0 Å². The van der Waals surface area contributed by atoms with Crippen molar-refractivity contribution >= 4 is 33.3 Å². The molecule has 0 unspecified atom stereocenters. The Bertz CT molecular complexity index is 962. The number of carbonyl (C=O) groups is 1. The predicted octanol–water partition coefficient (Wildman–Crippen LogP) is 1.81. The number of carbonyl (C=O) groups excluding carboxylic acids is 1. The van der Waals surface area contributed by atoms with Crippen molar-refractivity contribution in [1.82, 2.24) is 25.3 Å². The molecule has 0 radical (unpaired) electrons. The molecule has 9 heteroatoms. The topological polar surface area (TPSA) is 93.1 Å². The number of amides is 1. The SMILES string of the molecule is CO[C@H]1C[C@@H](CNC(=O)c2ncnc3sccc23)N(c2cc(C)ncn2)C1. The number of aryl methyl sites for hydroxylation is 1. The molecule has 0 bridgehead atoms. The number of nitrogens with one attached hydrogen (secondary N) is 1. The van der Waals surface area contributed by atoms with E-state index in [4.69, 9.17) is 4.74 Å². The molecule has 1 amide bonds. The fourth-order valence-corrected chi connectivity index (χ4v) is 4.11. The molecular weight excluding hydrogens is 364 g/mol. The van der Waals surface area contributed by atoms with E-state index in [1.807, 2.05) is 24.4 Å². The number of aromatic nitrogens is 4. The maximum absolute atomic E-state index is 12.7. The van der Waals surface area contributed by atoms with E-state index >= 15 is 0 Å². The van der Waals surface area contributed by atoms with Crippen LogP contribution in [0.1, 0.15) is 22.6 Å². The first-order valence-corrected chi connectivity index (χ1v) is 9.58. The van der Waals surface area contributed by atoms with Crippen molar-refractivity contribution in [2.75, 3.05) is 25.1 Å². The van der Waals surface area contributed by atoms with Crippen LogP contribution in [0, 0.1) is 6.92 Å².